The summed E-state index contributed by atoms with van der Waals surface area (Å²) in [5.74, 6) is 1.62. The van der Waals surface area contributed by atoms with Crippen LogP contribution in [0.4, 0.5) is 5.69 Å². The monoisotopic (exact) mass is 353 g/mol. The second-order valence-electron chi connectivity index (χ2n) is 7.24. The second-order valence-corrected chi connectivity index (χ2v) is 7.24. The van der Waals surface area contributed by atoms with Crippen molar-refractivity contribution in [1.29, 1.82) is 0 Å². The zero-order valence-electron chi connectivity index (χ0n) is 15.1. The standard InChI is InChI=1S/C21H24N2O3/c1-15-2-4-16(5-3-15)13-23-10-8-17(9-11-23)21(24)22-18-6-7-19-20(12-18)26-14-25-19/h2-7,12,17H,8-11,13-14H2,1H3,(H,22,24)/p+1. The van der Waals surface area contributed by atoms with Crippen LogP contribution >= 0.6 is 0 Å². The highest BCUT2D eigenvalue weighted by Crippen LogP contribution is 2.34. The number of ether oxygens (including phenoxy) is 2. The van der Waals surface area contributed by atoms with Crippen LogP contribution in [0.3, 0.4) is 0 Å². The molecule has 2 aliphatic rings. The predicted octanol–water partition coefficient (Wildman–Crippen LogP) is 2.16. The lowest BCUT2D eigenvalue weighted by Gasteiger charge is -2.28. The average Bonchev–Trinajstić information content (AvgIpc) is 3.12. The van der Waals surface area contributed by atoms with Gasteiger partial charge in [0.2, 0.25) is 12.7 Å². The lowest BCUT2D eigenvalue weighted by molar-refractivity contribution is -0.919. The molecule has 2 aliphatic heterocycles. The van der Waals surface area contributed by atoms with E-state index in [2.05, 4.69) is 36.5 Å². The van der Waals surface area contributed by atoms with Crippen molar-refractivity contribution in [3.63, 3.8) is 0 Å². The molecule has 0 aliphatic carbocycles. The van der Waals surface area contributed by atoms with Crippen molar-refractivity contribution in [3.05, 3.63) is 53.6 Å². The number of carbonyl (C=O) groups excluding carboxylic acids is 1. The number of quaternary nitrogens is 1. The lowest BCUT2D eigenvalue weighted by atomic mass is 9.95. The molecule has 0 saturated carbocycles. The molecular weight excluding hydrogens is 328 g/mol. The zero-order chi connectivity index (χ0) is 17.9. The number of hydrogen-bond donors (Lipinski definition) is 2. The van der Waals surface area contributed by atoms with Crippen LogP contribution in [0.1, 0.15) is 24.0 Å². The van der Waals surface area contributed by atoms with Crippen molar-refractivity contribution in [2.45, 2.75) is 26.3 Å². The third-order valence-electron chi connectivity index (χ3n) is 5.28. The van der Waals surface area contributed by atoms with Crippen molar-refractivity contribution in [2.75, 3.05) is 25.2 Å². The van der Waals surface area contributed by atoms with E-state index in [1.165, 1.54) is 11.1 Å². The number of anilines is 1. The third-order valence-corrected chi connectivity index (χ3v) is 5.28. The number of nitrogens with one attached hydrogen (secondary N) is 2. The van der Waals surface area contributed by atoms with Gasteiger partial charge in [0, 0.05) is 36.1 Å². The SMILES string of the molecule is Cc1ccc(C[NH+]2CCC(C(=O)Nc3ccc4c(c3)OCO4)CC2)cc1. The van der Waals surface area contributed by atoms with Gasteiger partial charge in [0.1, 0.15) is 6.54 Å². The maximum atomic E-state index is 12.6. The number of benzene rings is 2. The fraction of sp³-hybridized carbons (Fsp3) is 0.381. The van der Waals surface area contributed by atoms with Gasteiger partial charge in [0.15, 0.2) is 11.5 Å². The largest absolute Gasteiger partial charge is 0.454 e. The van der Waals surface area contributed by atoms with Gasteiger partial charge < -0.3 is 19.7 Å². The van der Waals surface area contributed by atoms with Crippen molar-refractivity contribution in [2.24, 2.45) is 5.92 Å². The van der Waals surface area contributed by atoms with Crippen molar-refractivity contribution in [1.82, 2.24) is 0 Å². The highest BCUT2D eigenvalue weighted by molar-refractivity contribution is 5.92. The summed E-state index contributed by atoms with van der Waals surface area (Å²) in [6, 6.07) is 14.3. The molecule has 0 radical (unpaired) electrons. The van der Waals surface area contributed by atoms with E-state index in [4.69, 9.17) is 9.47 Å². The minimum Gasteiger partial charge on any atom is -0.454 e. The minimum atomic E-state index is 0.0854. The number of aryl methyl sites for hydroxylation is 1. The molecule has 2 aromatic rings. The van der Waals surface area contributed by atoms with Gasteiger partial charge in [0.05, 0.1) is 13.1 Å². The first-order chi connectivity index (χ1) is 12.7. The van der Waals surface area contributed by atoms with Crippen LogP contribution in [0.2, 0.25) is 0 Å². The summed E-state index contributed by atoms with van der Waals surface area (Å²) in [4.78, 5) is 14.1. The molecule has 1 fully saturated rings. The first-order valence-corrected chi connectivity index (χ1v) is 9.27. The van der Waals surface area contributed by atoms with Crippen LogP contribution in [0.15, 0.2) is 42.5 Å². The van der Waals surface area contributed by atoms with Crippen LogP contribution in [-0.2, 0) is 11.3 Å². The lowest BCUT2D eigenvalue weighted by Crippen LogP contribution is -3.11. The van der Waals surface area contributed by atoms with Gasteiger partial charge in [-0.25, -0.2) is 0 Å². The van der Waals surface area contributed by atoms with E-state index < -0.39 is 0 Å². The first kappa shape index (κ1) is 16.9. The molecule has 1 saturated heterocycles. The topological polar surface area (TPSA) is 52.0 Å². The summed E-state index contributed by atoms with van der Waals surface area (Å²) in [5, 5.41) is 3.03. The van der Waals surface area contributed by atoms with Gasteiger partial charge in [0.25, 0.3) is 0 Å². The molecule has 136 valence electrons. The zero-order valence-corrected chi connectivity index (χ0v) is 15.1. The predicted molar refractivity (Wildman–Crippen MR) is 99.5 cm³/mol. The van der Waals surface area contributed by atoms with Gasteiger partial charge in [-0.05, 0) is 19.1 Å². The smallest absolute Gasteiger partial charge is 0.231 e. The van der Waals surface area contributed by atoms with E-state index in [1.54, 1.807) is 4.90 Å². The molecule has 0 unspecified atom stereocenters. The number of amides is 1. The molecule has 0 spiro atoms. The summed E-state index contributed by atoms with van der Waals surface area (Å²) in [5.41, 5.74) is 3.44. The Balaban J connectivity index is 1.28. The third kappa shape index (κ3) is 3.83. The maximum absolute atomic E-state index is 12.6. The van der Waals surface area contributed by atoms with Crippen LogP contribution in [0.25, 0.3) is 0 Å². The molecule has 0 aromatic heterocycles. The molecule has 0 bridgehead atoms. The molecule has 5 heteroatoms. The molecule has 26 heavy (non-hydrogen) atoms. The fourth-order valence-corrected chi connectivity index (χ4v) is 3.68. The van der Waals surface area contributed by atoms with Gasteiger partial charge in [-0.15, -0.1) is 0 Å². The van der Waals surface area contributed by atoms with E-state index in [-0.39, 0.29) is 18.6 Å². The van der Waals surface area contributed by atoms with Crippen molar-refractivity contribution in [3.8, 4) is 11.5 Å². The summed E-state index contributed by atoms with van der Waals surface area (Å²) < 4.78 is 10.7. The van der Waals surface area contributed by atoms with Crippen molar-refractivity contribution < 1.29 is 19.2 Å². The van der Waals surface area contributed by atoms with Crippen LogP contribution in [0, 0.1) is 12.8 Å². The van der Waals surface area contributed by atoms with Crippen LogP contribution < -0.4 is 19.7 Å². The molecule has 2 aromatic carbocycles. The first-order valence-electron chi connectivity index (χ1n) is 9.27. The molecule has 5 nitrogen and oxygen atoms in total. The molecule has 4 rings (SSSR count). The number of piperidine rings is 1. The molecular formula is C21H25N2O3+. The Labute approximate surface area is 153 Å². The minimum absolute atomic E-state index is 0.0854. The number of likely N-dealkylation sites (tertiary alicyclic amines) is 1. The van der Waals surface area contributed by atoms with Crippen molar-refractivity contribution >= 4 is 11.6 Å². The van der Waals surface area contributed by atoms with Gasteiger partial charge in [-0.1, -0.05) is 29.8 Å². The Kier molecular flexibility index (Phi) is 4.80. The summed E-state index contributed by atoms with van der Waals surface area (Å²) in [6.45, 7) is 5.47. The molecule has 0 atom stereocenters. The van der Waals surface area contributed by atoms with Crippen LogP contribution in [0.5, 0.6) is 11.5 Å². The Bertz CT molecular complexity index is 780. The van der Waals surface area contributed by atoms with E-state index in [0.717, 1.165) is 43.9 Å². The van der Waals surface area contributed by atoms with E-state index in [1.807, 2.05) is 18.2 Å². The Morgan fingerprint density at radius 1 is 1.08 bits per heavy atom. The highest BCUT2D eigenvalue weighted by atomic mass is 16.7. The molecule has 1 amide bonds. The Morgan fingerprint density at radius 2 is 1.81 bits per heavy atom. The molecule has 2 N–H and O–H groups in total. The van der Waals surface area contributed by atoms with Gasteiger partial charge >= 0.3 is 0 Å². The molecule has 2 heterocycles. The summed E-state index contributed by atoms with van der Waals surface area (Å²) >= 11 is 0. The van der Waals surface area contributed by atoms with Gasteiger partial charge in [-0.3, -0.25) is 4.79 Å². The summed E-state index contributed by atoms with van der Waals surface area (Å²) in [6.07, 6.45) is 1.86. The Hall–Kier alpha value is -2.53. The number of hydrogen-bond acceptors (Lipinski definition) is 3. The quantitative estimate of drug-likeness (QED) is 0.886. The number of carbonyl (C=O) groups is 1. The second kappa shape index (κ2) is 7.38. The number of rotatable bonds is 4. The van der Waals surface area contributed by atoms with Crippen LogP contribution in [-0.4, -0.2) is 25.8 Å². The van der Waals surface area contributed by atoms with Gasteiger partial charge in [-0.2, -0.15) is 0 Å². The van der Waals surface area contributed by atoms with E-state index >= 15 is 0 Å². The Morgan fingerprint density at radius 3 is 2.58 bits per heavy atom. The average molecular weight is 353 g/mol. The maximum Gasteiger partial charge on any atom is 0.231 e. The summed E-state index contributed by atoms with van der Waals surface area (Å²) in [7, 11) is 0. The van der Waals surface area contributed by atoms with E-state index in [0.29, 0.717) is 5.75 Å². The highest BCUT2D eigenvalue weighted by Gasteiger charge is 2.27. The normalized spacial score (nSPS) is 21.4. The van der Waals surface area contributed by atoms with E-state index in [9.17, 15) is 4.79 Å². The fourth-order valence-electron chi connectivity index (χ4n) is 3.68. The number of fused-ring (bicyclic) bond motifs is 1.